The van der Waals surface area contributed by atoms with Crippen LogP contribution in [0.25, 0.3) is 0 Å². The van der Waals surface area contributed by atoms with Gasteiger partial charge in [-0.15, -0.1) is 0 Å². The van der Waals surface area contributed by atoms with E-state index in [0.29, 0.717) is 18.0 Å². The molecule has 0 atom stereocenters. The van der Waals surface area contributed by atoms with E-state index in [4.69, 9.17) is 22.7 Å². The second kappa shape index (κ2) is 8.79. The van der Waals surface area contributed by atoms with Crippen LogP contribution in [0.3, 0.4) is 0 Å². The first kappa shape index (κ1) is 16.8. The fourth-order valence-electron chi connectivity index (χ4n) is 1.12. The van der Waals surface area contributed by atoms with E-state index < -0.39 is 10.0 Å². The van der Waals surface area contributed by atoms with Crippen molar-refractivity contribution in [2.75, 3.05) is 18.9 Å². The Morgan fingerprint density at radius 2 is 2.06 bits per heavy atom. The third-order valence-electron chi connectivity index (χ3n) is 1.98. The number of thiocarbonyl (C=S) groups is 1. The molecule has 0 aliphatic rings. The molecular formula is C10H22N2O3S2. The van der Waals surface area contributed by atoms with Gasteiger partial charge in [0.1, 0.15) is 0 Å². The molecule has 0 spiro atoms. The lowest BCUT2D eigenvalue weighted by Gasteiger charge is -2.09. The highest BCUT2D eigenvalue weighted by Gasteiger charge is 2.09. The van der Waals surface area contributed by atoms with Crippen LogP contribution in [-0.2, 0) is 14.8 Å². The molecule has 0 saturated heterocycles. The number of sulfonamides is 1. The number of nitrogens with one attached hydrogen (secondary N) is 1. The molecule has 7 heteroatoms. The summed E-state index contributed by atoms with van der Waals surface area (Å²) in [5, 5.41) is 0. The molecule has 0 radical (unpaired) electrons. The first-order valence-electron chi connectivity index (χ1n) is 5.71. The minimum atomic E-state index is -3.22. The molecule has 0 unspecified atom stereocenters. The van der Waals surface area contributed by atoms with E-state index in [1.54, 1.807) is 0 Å². The van der Waals surface area contributed by atoms with Crippen LogP contribution in [0.2, 0.25) is 0 Å². The standard InChI is InChI=1S/C10H22N2O3S2/c1-9(2)15-7-8-17(13,14)12-6-4-3-5-10(11)16/h9,12H,3-8H2,1-2H3,(H2,11,16). The Bertz CT molecular complexity index is 316. The van der Waals surface area contributed by atoms with Crippen LogP contribution in [-0.4, -0.2) is 38.4 Å². The minimum Gasteiger partial charge on any atom is -0.393 e. The van der Waals surface area contributed by atoms with Crippen LogP contribution in [0.5, 0.6) is 0 Å². The molecule has 0 heterocycles. The lowest BCUT2D eigenvalue weighted by atomic mass is 10.2. The van der Waals surface area contributed by atoms with Gasteiger partial charge in [0.2, 0.25) is 10.0 Å². The SMILES string of the molecule is CC(C)OCCS(=O)(=O)NCCCCC(N)=S. The summed E-state index contributed by atoms with van der Waals surface area (Å²) in [4.78, 5) is 0.471. The van der Waals surface area contributed by atoms with Gasteiger partial charge in [0.05, 0.1) is 23.5 Å². The normalized spacial score (nSPS) is 11.9. The molecular weight excluding hydrogens is 260 g/mol. The van der Waals surface area contributed by atoms with Gasteiger partial charge in [-0.3, -0.25) is 0 Å². The van der Waals surface area contributed by atoms with Crippen LogP contribution >= 0.6 is 12.2 Å². The molecule has 0 amide bonds. The van der Waals surface area contributed by atoms with Gasteiger partial charge in [-0.25, -0.2) is 13.1 Å². The maximum atomic E-state index is 11.5. The van der Waals surface area contributed by atoms with Crippen molar-refractivity contribution < 1.29 is 13.2 Å². The van der Waals surface area contributed by atoms with Crippen LogP contribution < -0.4 is 10.5 Å². The Morgan fingerprint density at radius 3 is 2.59 bits per heavy atom. The smallest absolute Gasteiger partial charge is 0.213 e. The molecule has 0 fully saturated rings. The fourth-order valence-corrected chi connectivity index (χ4v) is 2.18. The Morgan fingerprint density at radius 1 is 1.41 bits per heavy atom. The van der Waals surface area contributed by atoms with Gasteiger partial charge < -0.3 is 10.5 Å². The molecule has 0 aromatic heterocycles. The number of ether oxygens (including phenoxy) is 1. The summed E-state index contributed by atoms with van der Waals surface area (Å²) in [6.07, 6.45) is 2.26. The van der Waals surface area contributed by atoms with Crippen LogP contribution in [0.1, 0.15) is 33.1 Å². The van der Waals surface area contributed by atoms with E-state index in [2.05, 4.69) is 4.72 Å². The van der Waals surface area contributed by atoms with Gasteiger partial charge in [-0.2, -0.15) is 0 Å². The molecule has 0 bridgehead atoms. The largest absolute Gasteiger partial charge is 0.393 e. The van der Waals surface area contributed by atoms with Crippen molar-refractivity contribution in [1.82, 2.24) is 4.72 Å². The van der Waals surface area contributed by atoms with Crippen molar-refractivity contribution >= 4 is 27.2 Å². The highest BCUT2D eigenvalue weighted by Crippen LogP contribution is 1.96. The first-order valence-corrected chi connectivity index (χ1v) is 7.77. The predicted molar refractivity (Wildman–Crippen MR) is 73.5 cm³/mol. The summed E-state index contributed by atoms with van der Waals surface area (Å²) >= 11 is 4.72. The fraction of sp³-hybridized carbons (Fsp3) is 0.900. The average Bonchev–Trinajstić information content (AvgIpc) is 2.15. The van der Waals surface area contributed by atoms with Crippen molar-refractivity contribution in [2.24, 2.45) is 5.73 Å². The summed E-state index contributed by atoms with van der Waals surface area (Å²) in [6, 6.07) is 0. The summed E-state index contributed by atoms with van der Waals surface area (Å²) < 4.78 is 30.6. The van der Waals surface area contributed by atoms with Crippen LogP contribution in [0, 0.1) is 0 Å². The van der Waals surface area contributed by atoms with E-state index in [-0.39, 0.29) is 18.5 Å². The van der Waals surface area contributed by atoms with Crippen molar-refractivity contribution in [3.05, 3.63) is 0 Å². The molecule has 0 aliphatic carbocycles. The van der Waals surface area contributed by atoms with Crippen molar-refractivity contribution in [3.63, 3.8) is 0 Å². The first-order chi connectivity index (χ1) is 7.83. The molecule has 17 heavy (non-hydrogen) atoms. The maximum absolute atomic E-state index is 11.5. The Balaban J connectivity index is 3.61. The van der Waals surface area contributed by atoms with E-state index in [1.165, 1.54) is 0 Å². The van der Waals surface area contributed by atoms with Crippen molar-refractivity contribution in [3.8, 4) is 0 Å². The number of nitrogens with two attached hydrogens (primary N) is 1. The monoisotopic (exact) mass is 282 g/mol. The zero-order valence-corrected chi connectivity index (χ0v) is 12.1. The Labute approximate surface area is 109 Å². The minimum absolute atomic E-state index is 0.000477. The van der Waals surface area contributed by atoms with E-state index in [1.807, 2.05) is 13.8 Å². The van der Waals surface area contributed by atoms with Crippen LogP contribution in [0.4, 0.5) is 0 Å². The zero-order chi connectivity index (χ0) is 13.3. The van der Waals surface area contributed by atoms with E-state index in [9.17, 15) is 8.42 Å². The Kier molecular flexibility index (Phi) is 8.67. The Hall–Kier alpha value is -0.240. The third kappa shape index (κ3) is 12.0. The average molecular weight is 282 g/mol. The molecule has 0 aromatic rings. The molecule has 0 rings (SSSR count). The van der Waals surface area contributed by atoms with Gasteiger partial charge in [0, 0.05) is 6.54 Å². The summed E-state index contributed by atoms with van der Waals surface area (Å²) in [7, 11) is -3.22. The van der Waals surface area contributed by atoms with Crippen LogP contribution in [0.15, 0.2) is 0 Å². The zero-order valence-electron chi connectivity index (χ0n) is 10.4. The number of rotatable bonds is 10. The molecule has 0 aromatic carbocycles. The molecule has 0 saturated carbocycles. The second-order valence-electron chi connectivity index (χ2n) is 4.06. The lowest BCUT2D eigenvalue weighted by Crippen LogP contribution is -2.29. The highest BCUT2D eigenvalue weighted by molar-refractivity contribution is 7.89. The summed E-state index contributed by atoms with van der Waals surface area (Å²) in [5.41, 5.74) is 5.33. The van der Waals surface area contributed by atoms with E-state index in [0.717, 1.165) is 12.8 Å². The van der Waals surface area contributed by atoms with Crippen molar-refractivity contribution in [2.45, 2.75) is 39.2 Å². The van der Waals surface area contributed by atoms with Gasteiger partial charge in [-0.1, -0.05) is 12.2 Å². The number of hydrogen-bond acceptors (Lipinski definition) is 4. The summed E-state index contributed by atoms with van der Waals surface area (Å²) in [5.74, 6) is 0.000477. The molecule has 3 N–H and O–H groups in total. The van der Waals surface area contributed by atoms with E-state index >= 15 is 0 Å². The second-order valence-corrected chi connectivity index (χ2v) is 6.51. The number of unbranched alkanes of at least 4 members (excludes halogenated alkanes) is 1. The topological polar surface area (TPSA) is 81.4 Å². The van der Waals surface area contributed by atoms with Gasteiger partial charge in [0.25, 0.3) is 0 Å². The van der Waals surface area contributed by atoms with Gasteiger partial charge in [-0.05, 0) is 33.1 Å². The lowest BCUT2D eigenvalue weighted by molar-refractivity contribution is 0.0911. The summed E-state index contributed by atoms with van der Waals surface area (Å²) in [6.45, 7) is 4.39. The molecule has 0 aliphatic heterocycles. The highest BCUT2D eigenvalue weighted by atomic mass is 32.2. The molecule has 102 valence electrons. The van der Waals surface area contributed by atoms with Gasteiger partial charge in [0.15, 0.2) is 0 Å². The van der Waals surface area contributed by atoms with Crippen molar-refractivity contribution in [1.29, 1.82) is 0 Å². The third-order valence-corrected chi connectivity index (χ3v) is 3.53. The number of hydrogen-bond donors (Lipinski definition) is 2. The quantitative estimate of drug-likeness (QED) is 0.457. The van der Waals surface area contributed by atoms with Gasteiger partial charge >= 0.3 is 0 Å². The molecule has 5 nitrogen and oxygen atoms in total. The maximum Gasteiger partial charge on any atom is 0.213 e. The predicted octanol–water partition coefficient (Wildman–Crippen LogP) is 0.787.